The lowest BCUT2D eigenvalue weighted by Crippen LogP contribution is -2.29. The number of benzene rings is 1. The van der Waals surface area contributed by atoms with Crippen LogP contribution in [0.25, 0.3) is 0 Å². The van der Waals surface area contributed by atoms with Crippen molar-refractivity contribution in [1.29, 1.82) is 0 Å². The van der Waals surface area contributed by atoms with Crippen LogP contribution < -0.4 is 5.32 Å². The fourth-order valence-electron chi connectivity index (χ4n) is 2.41. The fraction of sp³-hybridized carbons (Fsp3) is 0.625. The monoisotopic (exact) mass is 319 g/mol. The van der Waals surface area contributed by atoms with E-state index in [-0.39, 0.29) is 11.1 Å². The van der Waals surface area contributed by atoms with Gasteiger partial charge in [-0.1, -0.05) is 55.8 Å². The third-order valence-corrected chi connectivity index (χ3v) is 4.25. The first kappa shape index (κ1) is 17.7. The van der Waals surface area contributed by atoms with E-state index in [0.717, 1.165) is 6.42 Å². The Hall–Kier alpha value is -0.310. The van der Waals surface area contributed by atoms with Gasteiger partial charge in [-0.25, -0.2) is 4.39 Å². The van der Waals surface area contributed by atoms with E-state index in [2.05, 4.69) is 19.2 Å². The molecule has 0 aliphatic carbocycles. The average molecular weight is 320 g/mol. The maximum atomic E-state index is 13.5. The second-order valence-corrected chi connectivity index (χ2v) is 6.18. The second kappa shape index (κ2) is 8.86. The maximum absolute atomic E-state index is 13.5. The normalized spacial score (nSPS) is 14.3. The number of halogens is 3. The molecule has 1 aromatic carbocycles. The van der Waals surface area contributed by atoms with Gasteiger partial charge in [0.1, 0.15) is 5.82 Å². The summed E-state index contributed by atoms with van der Waals surface area (Å²) in [4.78, 5) is 0. The van der Waals surface area contributed by atoms with Gasteiger partial charge in [0.15, 0.2) is 0 Å². The Bertz CT molecular complexity index is 423. The van der Waals surface area contributed by atoms with Crippen molar-refractivity contribution in [2.45, 2.75) is 65.0 Å². The summed E-state index contributed by atoms with van der Waals surface area (Å²) in [5.74, 6) is -0.421. The molecule has 0 spiro atoms. The highest BCUT2D eigenvalue weighted by molar-refractivity contribution is 6.36. The van der Waals surface area contributed by atoms with Crippen molar-refractivity contribution in [3.05, 3.63) is 33.6 Å². The Morgan fingerprint density at radius 2 is 1.85 bits per heavy atom. The van der Waals surface area contributed by atoms with Gasteiger partial charge in [0.05, 0.1) is 5.02 Å². The molecule has 0 amide bonds. The Morgan fingerprint density at radius 1 is 1.15 bits per heavy atom. The van der Waals surface area contributed by atoms with E-state index in [0.29, 0.717) is 16.6 Å². The summed E-state index contributed by atoms with van der Waals surface area (Å²) >= 11 is 12.2. The molecule has 114 valence electrons. The summed E-state index contributed by atoms with van der Waals surface area (Å²) in [5.41, 5.74) is 0.647. The third-order valence-electron chi connectivity index (χ3n) is 3.54. The van der Waals surface area contributed by atoms with E-state index < -0.39 is 5.82 Å². The van der Waals surface area contributed by atoms with Gasteiger partial charge in [-0.3, -0.25) is 0 Å². The molecule has 4 heteroatoms. The van der Waals surface area contributed by atoms with Crippen LogP contribution in [0.5, 0.6) is 0 Å². The predicted molar refractivity (Wildman–Crippen MR) is 86.2 cm³/mol. The second-order valence-electron chi connectivity index (χ2n) is 5.40. The van der Waals surface area contributed by atoms with Gasteiger partial charge in [0.25, 0.3) is 0 Å². The molecule has 2 atom stereocenters. The van der Waals surface area contributed by atoms with Gasteiger partial charge in [-0.05, 0) is 32.4 Å². The predicted octanol–water partition coefficient (Wildman–Crippen LogP) is 6.14. The van der Waals surface area contributed by atoms with E-state index in [4.69, 9.17) is 23.2 Å². The van der Waals surface area contributed by atoms with Crippen LogP contribution in [0.15, 0.2) is 12.1 Å². The SMILES string of the molecule is CCCCCCC(C)NC(C)c1c(Cl)ccc(F)c1Cl. The van der Waals surface area contributed by atoms with Crippen molar-refractivity contribution >= 4 is 23.2 Å². The molecule has 1 N–H and O–H groups in total. The zero-order valence-electron chi connectivity index (χ0n) is 12.5. The number of rotatable bonds is 8. The fourth-order valence-corrected chi connectivity index (χ4v) is 3.11. The van der Waals surface area contributed by atoms with E-state index >= 15 is 0 Å². The number of hydrogen-bond donors (Lipinski definition) is 1. The molecule has 0 aliphatic rings. The Labute approximate surface area is 131 Å². The summed E-state index contributed by atoms with van der Waals surface area (Å²) in [6.45, 7) is 6.32. The molecule has 0 heterocycles. The minimum absolute atomic E-state index is 0.0631. The Kier molecular flexibility index (Phi) is 7.86. The molecule has 0 bridgehead atoms. The average Bonchev–Trinajstić information content (AvgIpc) is 2.39. The molecule has 0 aromatic heterocycles. The number of nitrogens with one attached hydrogen (secondary N) is 1. The summed E-state index contributed by atoms with van der Waals surface area (Å²) in [6, 6.07) is 3.15. The van der Waals surface area contributed by atoms with Gasteiger partial charge in [0, 0.05) is 22.7 Å². The molecular weight excluding hydrogens is 296 g/mol. The highest BCUT2D eigenvalue weighted by Gasteiger charge is 2.18. The van der Waals surface area contributed by atoms with Crippen LogP contribution in [-0.2, 0) is 0 Å². The van der Waals surface area contributed by atoms with Gasteiger partial charge in [-0.15, -0.1) is 0 Å². The zero-order chi connectivity index (χ0) is 15.1. The summed E-state index contributed by atoms with van der Waals surface area (Å²) in [5, 5.41) is 4.08. The molecule has 0 saturated heterocycles. The molecule has 1 aromatic rings. The minimum atomic E-state index is -0.421. The van der Waals surface area contributed by atoms with Crippen LogP contribution in [0.1, 0.15) is 64.5 Å². The first-order chi connectivity index (χ1) is 9.47. The third kappa shape index (κ3) is 5.23. The van der Waals surface area contributed by atoms with E-state index in [9.17, 15) is 4.39 Å². The number of unbranched alkanes of at least 4 members (excludes halogenated alkanes) is 3. The zero-order valence-corrected chi connectivity index (χ0v) is 14.0. The smallest absolute Gasteiger partial charge is 0.142 e. The largest absolute Gasteiger partial charge is 0.308 e. The molecular formula is C16H24Cl2FN. The maximum Gasteiger partial charge on any atom is 0.142 e. The van der Waals surface area contributed by atoms with Crippen molar-refractivity contribution in [1.82, 2.24) is 5.32 Å². The van der Waals surface area contributed by atoms with Gasteiger partial charge < -0.3 is 5.32 Å². The summed E-state index contributed by atoms with van der Waals surface area (Å²) < 4.78 is 13.5. The van der Waals surface area contributed by atoms with E-state index in [1.54, 1.807) is 6.07 Å². The molecule has 20 heavy (non-hydrogen) atoms. The highest BCUT2D eigenvalue weighted by Crippen LogP contribution is 2.32. The van der Waals surface area contributed by atoms with Crippen LogP contribution in [0.3, 0.4) is 0 Å². The lowest BCUT2D eigenvalue weighted by Gasteiger charge is -2.22. The topological polar surface area (TPSA) is 12.0 Å². The molecule has 0 aliphatic heterocycles. The van der Waals surface area contributed by atoms with Gasteiger partial charge in [-0.2, -0.15) is 0 Å². The van der Waals surface area contributed by atoms with Crippen molar-refractivity contribution in [2.75, 3.05) is 0 Å². The number of hydrogen-bond acceptors (Lipinski definition) is 1. The van der Waals surface area contributed by atoms with Crippen LogP contribution in [0.2, 0.25) is 10.0 Å². The van der Waals surface area contributed by atoms with Crippen molar-refractivity contribution in [2.24, 2.45) is 0 Å². The molecule has 1 nitrogen and oxygen atoms in total. The standard InChI is InChI=1S/C16H24Cl2FN/c1-4-5-6-7-8-11(2)20-12(3)15-13(17)9-10-14(19)16(15)18/h9-12,20H,4-8H2,1-3H3. The molecule has 0 saturated carbocycles. The van der Waals surface area contributed by atoms with Crippen molar-refractivity contribution in [3.8, 4) is 0 Å². The Balaban J connectivity index is 2.58. The van der Waals surface area contributed by atoms with Crippen molar-refractivity contribution in [3.63, 3.8) is 0 Å². The Morgan fingerprint density at radius 3 is 2.50 bits per heavy atom. The van der Waals surface area contributed by atoms with Crippen LogP contribution in [0.4, 0.5) is 4.39 Å². The lowest BCUT2D eigenvalue weighted by atomic mass is 10.0. The first-order valence-electron chi connectivity index (χ1n) is 7.36. The quantitative estimate of drug-likeness (QED) is 0.448. The molecule has 0 radical (unpaired) electrons. The van der Waals surface area contributed by atoms with Crippen molar-refractivity contribution < 1.29 is 4.39 Å². The first-order valence-corrected chi connectivity index (χ1v) is 8.12. The van der Waals surface area contributed by atoms with Gasteiger partial charge in [0.2, 0.25) is 0 Å². The van der Waals surface area contributed by atoms with Crippen LogP contribution in [0, 0.1) is 5.82 Å². The summed E-state index contributed by atoms with van der Waals surface area (Å²) in [7, 11) is 0. The van der Waals surface area contributed by atoms with E-state index in [1.807, 2.05) is 6.92 Å². The summed E-state index contributed by atoms with van der Waals surface area (Å²) in [6.07, 6.45) is 6.10. The molecule has 0 fully saturated rings. The van der Waals surface area contributed by atoms with Crippen LogP contribution >= 0.6 is 23.2 Å². The lowest BCUT2D eigenvalue weighted by molar-refractivity contribution is 0.437. The highest BCUT2D eigenvalue weighted by atomic mass is 35.5. The van der Waals surface area contributed by atoms with E-state index in [1.165, 1.54) is 31.7 Å². The minimum Gasteiger partial charge on any atom is -0.308 e. The van der Waals surface area contributed by atoms with Crippen LogP contribution in [-0.4, -0.2) is 6.04 Å². The molecule has 2 unspecified atom stereocenters. The van der Waals surface area contributed by atoms with Gasteiger partial charge >= 0.3 is 0 Å². The molecule has 1 rings (SSSR count).